The fourth-order valence-corrected chi connectivity index (χ4v) is 3.09. The number of aliphatic hydroxyl groups is 1. The van der Waals surface area contributed by atoms with Gasteiger partial charge in [-0.2, -0.15) is 0 Å². The summed E-state index contributed by atoms with van der Waals surface area (Å²) in [6, 6.07) is 23.8. The highest BCUT2D eigenvalue weighted by Gasteiger charge is 2.03. The zero-order valence-electron chi connectivity index (χ0n) is 11.7. The predicted octanol–water partition coefficient (Wildman–Crippen LogP) is 4.68. The second kappa shape index (κ2) is 4.87. The van der Waals surface area contributed by atoms with Crippen molar-refractivity contribution < 1.29 is 5.11 Å². The summed E-state index contributed by atoms with van der Waals surface area (Å²) in [4.78, 5) is 0. The van der Waals surface area contributed by atoms with Gasteiger partial charge in [0.05, 0.1) is 0 Å². The van der Waals surface area contributed by atoms with Gasteiger partial charge in [-0.15, -0.1) is 0 Å². The molecule has 0 saturated carbocycles. The van der Waals surface area contributed by atoms with E-state index in [1.54, 1.807) is 0 Å². The lowest BCUT2D eigenvalue weighted by Crippen LogP contribution is -1.90. The minimum Gasteiger partial charge on any atom is -0.396 e. The highest BCUT2D eigenvalue weighted by Crippen LogP contribution is 2.29. The molecule has 0 heterocycles. The molecule has 0 fully saturated rings. The van der Waals surface area contributed by atoms with Crippen molar-refractivity contribution >= 4 is 32.3 Å². The van der Waals surface area contributed by atoms with Gasteiger partial charge in [-0.25, -0.2) is 0 Å². The average Bonchev–Trinajstić information content (AvgIpc) is 2.53. The summed E-state index contributed by atoms with van der Waals surface area (Å²) < 4.78 is 0. The monoisotopic (exact) mass is 272 g/mol. The van der Waals surface area contributed by atoms with Gasteiger partial charge in [0.15, 0.2) is 0 Å². The third kappa shape index (κ3) is 2.07. The Balaban J connectivity index is 2.07. The van der Waals surface area contributed by atoms with Crippen molar-refractivity contribution in [1.82, 2.24) is 0 Å². The van der Waals surface area contributed by atoms with Crippen LogP contribution in [0.25, 0.3) is 32.3 Å². The average molecular weight is 272 g/mol. The van der Waals surface area contributed by atoms with Crippen molar-refractivity contribution in [3.05, 3.63) is 72.3 Å². The molecule has 1 heteroatoms. The van der Waals surface area contributed by atoms with E-state index < -0.39 is 0 Å². The van der Waals surface area contributed by atoms with E-state index in [0.717, 1.165) is 0 Å². The summed E-state index contributed by atoms with van der Waals surface area (Å²) >= 11 is 0. The van der Waals surface area contributed by atoms with E-state index in [4.69, 9.17) is 5.11 Å². The molecule has 0 aliphatic rings. The Labute approximate surface area is 123 Å². The summed E-state index contributed by atoms with van der Waals surface area (Å²) in [5, 5.41) is 16.7. The van der Waals surface area contributed by atoms with E-state index >= 15 is 0 Å². The van der Waals surface area contributed by atoms with Crippen LogP contribution < -0.4 is 0 Å². The van der Waals surface area contributed by atoms with E-state index in [1.807, 2.05) is 0 Å². The highest BCUT2D eigenvalue weighted by molar-refractivity contribution is 6.12. The van der Waals surface area contributed by atoms with E-state index in [2.05, 4.69) is 66.7 Å². The fraction of sp³-hybridized carbons (Fsp3) is 0.100. The van der Waals surface area contributed by atoms with Gasteiger partial charge < -0.3 is 5.11 Å². The van der Waals surface area contributed by atoms with Crippen molar-refractivity contribution in [3.8, 4) is 0 Å². The molecule has 0 bridgehead atoms. The van der Waals surface area contributed by atoms with E-state index in [9.17, 15) is 0 Å². The Hall–Kier alpha value is -2.38. The number of rotatable bonds is 2. The Bertz CT molecular complexity index is 954. The van der Waals surface area contributed by atoms with Crippen molar-refractivity contribution in [2.75, 3.05) is 6.61 Å². The maximum atomic E-state index is 9.10. The molecule has 0 amide bonds. The van der Waals surface area contributed by atoms with Crippen LogP contribution in [0.1, 0.15) is 5.56 Å². The first-order chi connectivity index (χ1) is 10.3. The smallest absolute Gasteiger partial charge is 0.0471 e. The van der Waals surface area contributed by atoms with Crippen LogP contribution in [0.2, 0.25) is 0 Å². The van der Waals surface area contributed by atoms with Gasteiger partial charge in [-0.1, -0.05) is 54.6 Å². The zero-order chi connectivity index (χ0) is 14.2. The number of hydrogen-bond acceptors (Lipinski definition) is 1. The second-order valence-electron chi connectivity index (χ2n) is 5.52. The van der Waals surface area contributed by atoms with Gasteiger partial charge in [0, 0.05) is 6.61 Å². The summed E-state index contributed by atoms with van der Waals surface area (Å²) in [5.41, 5.74) is 1.18. The van der Waals surface area contributed by atoms with Crippen LogP contribution in [0.4, 0.5) is 0 Å². The molecule has 0 unspecified atom stereocenters. The minimum absolute atomic E-state index is 0.196. The lowest BCUT2D eigenvalue weighted by Gasteiger charge is -2.08. The van der Waals surface area contributed by atoms with Gasteiger partial charge >= 0.3 is 0 Å². The molecule has 21 heavy (non-hydrogen) atoms. The summed E-state index contributed by atoms with van der Waals surface area (Å²) in [6.07, 6.45) is 0.712. The topological polar surface area (TPSA) is 20.2 Å². The number of aliphatic hydroxyl groups excluding tert-OH is 1. The Kier molecular flexibility index (Phi) is 2.87. The molecule has 0 atom stereocenters. The quantitative estimate of drug-likeness (QED) is 0.415. The van der Waals surface area contributed by atoms with Gasteiger partial charge in [-0.3, -0.25) is 0 Å². The summed E-state index contributed by atoms with van der Waals surface area (Å²) in [7, 11) is 0. The molecule has 0 radical (unpaired) electrons. The first-order valence-electron chi connectivity index (χ1n) is 7.30. The molecule has 1 N–H and O–H groups in total. The number of fused-ring (bicyclic) bond motifs is 4. The lowest BCUT2D eigenvalue weighted by molar-refractivity contribution is 0.299. The molecule has 4 aromatic rings. The predicted molar refractivity (Wildman–Crippen MR) is 89.7 cm³/mol. The fourth-order valence-electron chi connectivity index (χ4n) is 3.09. The molecule has 0 saturated heterocycles. The van der Waals surface area contributed by atoms with E-state index in [1.165, 1.54) is 37.9 Å². The van der Waals surface area contributed by atoms with Crippen molar-refractivity contribution in [1.29, 1.82) is 0 Å². The Morgan fingerprint density at radius 1 is 0.619 bits per heavy atom. The zero-order valence-corrected chi connectivity index (χ0v) is 11.7. The molecule has 4 rings (SSSR count). The first-order valence-corrected chi connectivity index (χ1v) is 7.30. The van der Waals surface area contributed by atoms with Crippen molar-refractivity contribution in [2.45, 2.75) is 6.42 Å². The molecule has 102 valence electrons. The molecule has 1 nitrogen and oxygen atoms in total. The van der Waals surface area contributed by atoms with Gasteiger partial charge in [0.25, 0.3) is 0 Å². The SMILES string of the molecule is OCCc1ccc2cc3ccc4ccccc4c3cc2c1. The van der Waals surface area contributed by atoms with Crippen molar-refractivity contribution in [3.63, 3.8) is 0 Å². The standard InChI is InChI=1S/C20H16O/c21-10-9-14-5-6-16-12-17-8-7-15-3-1-2-4-19(15)20(17)13-18(16)11-14/h1-8,11-13,21H,9-10H2. The van der Waals surface area contributed by atoms with Crippen LogP contribution in [0.5, 0.6) is 0 Å². The van der Waals surface area contributed by atoms with Crippen LogP contribution in [-0.2, 0) is 6.42 Å². The van der Waals surface area contributed by atoms with E-state index in [0.29, 0.717) is 6.42 Å². The van der Waals surface area contributed by atoms with Crippen LogP contribution in [0.15, 0.2) is 66.7 Å². The van der Waals surface area contributed by atoms with Gasteiger partial charge in [-0.05, 0) is 56.4 Å². The molecule has 4 aromatic carbocycles. The molecule has 0 spiro atoms. The van der Waals surface area contributed by atoms with Crippen LogP contribution in [0, 0.1) is 0 Å². The normalized spacial score (nSPS) is 11.5. The van der Waals surface area contributed by atoms with Crippen LogP contribution in [0.3, 0.4) is 0 Å². The number of hydrogen-bond donors (Lipinski definition) is 1. The number of benzene rings is 4. The second-order valence-corrected chi connectivity index (χ2v) is 5.52. The lowest BCUT2D eigenvalue weighted by atomic mass is 9.97. The third-order valence-corrected chi connectivity index (χ3v) is 4.17. The Morgan fingerprint density at radius 3 is 2.33 bits per heavy atom. The molecular weight excluding hydrogens is 256 g/mol. The van der Waals surface area contributed by atoms with Crippen LogP contribution >= 0.6 is 0 Å². The first kappa shape index (κ1) is 12.4. The summed E-state index contributed by atoms with van der Waals surface area (Å²) in [5.74, 6) is 0. The van der Waals surface area contributed by atoms with Gasteiger partial charge in [0.1, 0.15) is 0 Å². The van der Waals surface area contributed by atoms with E-state index in [-0.39, 0.29) is 6.61 Å². The maximum absolute atomic E-state index is 9.10. The largest absolute Gasteiger partial charge is 0.396 e. The third-order valence-electron chi connectivity index (χ3n) is 4.17. The van der Waals surface area contributed by atoms with Gasteiger partial charge in [0.2, 0.25) is 0 Å². The Morgan fingerprint density at radius 2 is 1.43 bits per heavy atom. The molecular formula is C20H16O. The van der Waals surface area contributed by atoms with Crippen LogP contribution in [-0.4, -0.2) is 11.7 Å². The molecule has 0 aliphatic heterocycles. The van der Waals surface area contributed by atoms with Crippen molar-refractivity contribution in [2.24, 2.45) is 0 Å². The minimum atomic E-state index is 0.196. The molecule has 0 aliphatic carbocycles. The highest BCUT2D eigenvalue weighted by atomic mass is 16.2. The summed E-state index contributed by atoms with van der Waals surface area (Å²) in [6.45, 7) is 0.196. The maximum Gasteiger partial charge on any atom is 0.0471 e. The molecule has 0 aromatic heterocycles.